The molecule has 24 heavy (non-hydrogen) atoms. The van der Waals surface area contributed by atoms with Crippen LogP contribution in [0.15, 0.2) is 36.7 Å². The smallest absolute Gasteiger partial charge is 0.123 e. The fourth-order valence-electron chi connectivity index (χ4n) is 3.46. The molecule has 1 atom stereocenters. The summed E-state index contributed by atoms with van der Waals surface area (Å²) in [6, 6.07) is 7.80. The Morgan fingerprint density at radius 3 is 3.08 bits per heavy atom. The molecule has 1 aliphatic heterocycles. The molecule has 0 bridgehead atoms. The number of aliphatic hydroxyl groups is 1. The highest BCUT2D eigenvalue weighted by Crippen LogP contribution is 2.32. The Labute approximate surface area is 144 Å². The summed E-state index contributed by atoms with van der Waals surface area (Å²) >= 11 is 6.27. The zero-order valence-corrected chi connectivity index (χ0v) is 13.9. The normalized spacial score (nSPS) is 22.1. The maximum atomic E-state index is 10.9. The molecule has 6 nitrogen and oxygen atoms in total. The topological polar surface area (TPSA) is 77.9 Å². The molecule has 0 unspecified atom stereocenters. The van der Waals surface area contributed by atoms with Gasteiger partial charge in [0.2, 0.25) is 0 Å². The lowest BCUT2D eigenvalue weighted by Crippen LogP contribution is -2.45. The number of fused-ring (bicyclic) bond motifs is 1. The number of piperidine rings is 1. The quantitative estimate of drug-likeness (QED) is 0.764. The average molecular weight is 344 g/mol. The van der Waals surface area contributed by atoms with Gasteiger partial charge in [-0.1, -0.05) is 17.7 Å². The van der Waals surface area contributed by atoms with Crippen LogP contribution in [0.4, 0.5) is 0 Å². The Hall–Kier alpha value is -2.02. The lowest BCUT2D eigenvalue weighted by atomic mass is 9.89. The van der Waals surface area contributed by atoms with Crippen LogP contribution in [0.3, 0.4) is 0 Å². The summed E-state index contributed by atoms with van der Waals surface area (Å²) < 4.78 is 0. The van der Waals surface area contributed by atoms with E-state index in [-0.39, 0.29) is 0 Å². The van der Waals surface area contributed by atoms with E-state index in [2.05, 4.69) is 25.3 Å². The van der Waals surface area contributed by atoms with E-state index in [1.54, 1.807) is 12.4 Å². The first-order chi connectivity index (χ1) is 11.7. The van der Waals surface area contributed by atoms with Gasteiger partial charge in [0.1, 0.15) is 11.3 Å². The van der Waals surface area contributed by atoms with Gasteiger partial charge in [0.05, 0.1) is 11.7 Å². The van der Waals surface area contributed by atoms with Gasteiger partial charge in [0, 0.05) is 29.7 Å². The van der Waals surface area contributed by atoms with Crippen LogP contribution in [0.5, 0.6) is 0 Å². The maximum absolute atomic E-state index is 10.9. The molecule has 3 aromatic rings. The van der Waals surface area contributed by atoms with Crippen molar-refractivity contribution in [2.45, 2.75) is 25.0 Å². The molecule has 124 valence electrons. The van der Waals surface area contributed by atoms with E-state index in [0.717, 1.165) is 29.4 Å². The molecule has 7 heteroatoms. The minimum atomic E-state index is -0.957. The fourth-order valence-corrected chi connectivity index (χ4v) is 3.67. The summed E-state index contributed by atoms with van der Waals surface area (Å²) in [4.78, 5) is 6.72. The van der Waals surface area contributed by atoms with Crippen LogP contribution >= 0.6 is 11.6 Å². The zero-order valence-electron chi connectivity index (χ0n) is 13.1. The second-order valence-corrected chi connectivity index (χ2v) is 6.71. The molecule has 4 rings (SSSR count). The molecule has 0 spiro atoms. The van der Waals surface area contributed by atoms with Gasteiger partial charge in [-0.05, 0) is 43.1 Å². The van der Waals surface area contributed by atoms with E-state index < -0.39 is 5.60 Å². The Balaban J connectivity index is 1.61. The minimum Gasteiger partial charge on any atom is -0.382 e. The molecule has 1 fully saturated rings. The highest BCUT2D eigenvalue weighted by Gasteiger charge is 2.37. The molecule has 0 radical (unpaired) electrons. The highest BCUT2D eigenvalue weighted by atomic mass is 35.5. The number of pyridine rings is 1. The molecule has 1 aliphatic rings. The van der Waals surface area contributed by atoms with Crippen molar-refractivity contribution in [3.8, 4) is 0 Å². The van der Waals surface area contributed by atoms with Gasteiger partial charge in [-0.3, -0.25) is 9.88 Å². The van der Waals surface area contributed by atoms with Crippen molar-refractivity contribution in [3.05, 3.63) is 52.9 Å². The minimum absolute atomic E-state index is 0.524. The number of hydrogen-bond acceptors (Lipinski definition) is 5. The van der Waals surface area contributed by atoms with E-state index >= 15 is 0 Å². The number of benzene rings is 1. The van der Waals surface area contributed by atoms with Crippen LogP contribution in [0.2, 0.25) is 5.02 Å². The number of aromatic amines is 1. The number of β-amino-alcohol motifs (C(OH)–C–C–N with tert-alkyl or cyclic N) is 1. The van der Waals surface area contributed by atoms with E-state index in [4.69, 9.17) is 11.6 Å². The summed E-state index contributed by atoms with van der Waals surface area (Å²) in [5, 5.41) is 23.1. The standard InChI is InChI=1S/C17H18ClN5O/c18-14-5-4-12(16-13(14)3-1-7-19-16)10-23-8-2-6-17(24,11-23)15-9-20-22-21-15/h1,3-5,7,9,24H,2,6,8,10-11H2,(H,20,21,22)/t17-/m0/s1. The number of halogens is 1. The van der Waals surface area contributed by atoms with Gasteiger partial charge >= 0.3 is 0 Å². The molecule has 0 amide bonds. The van der Waals surface area contributed by atoms with Gasteiger partial charge in [0.25, 0.3) is 0 Å². The van der Waals surface area contributed by atoms with Crippen LogP contribution in [-0.4, -0.2) is 43.5 Å². The summed E-state index contributed by atoms with van der Waals surface area (Å²) in [6.07, 6.45) is 4.98. The van der Waals surface area contributed by atoms with Crippen molar-refractivity contribution in [2.24, 2.45) is 0 Å². The van der Waals surface area contributed by atoms with Gasteiger partial charge in [-0.15, -0.1) is 0 Å². The Morgan fingerprint density at radius 2 is 2.25 bits per heavy atom. The second-order valence-electron chi connectivity index (χ2n) is 6.31. The van der Waals surface area contributed by atoms with Crippen molar-refractivity contribution in [2.75, 3.05) is 13.1 Å². The second kappa shape index (κ2) is 6.12. The Kier molecular flexibility index (Phi) is 3.96. The molecule has 0 saturated carbocycles. The first kappa shape index (κ1) is 15.5. The molecule has 0 aliphatic carbocycles. The average Bonchev–Trinajstić information content (AvgIpc) is 3.13. The van der Waals surface area contributed by atoms with Gasteiger partial charge in [-0.25, -0.2) is 0 Å². The van der Waals surface area contributed by atoms with Crippen molar-refractivity contribution in [1.82, 2.24) is 25.3 Å². The number of nitrogens with zero attached hydrogens (tertiary/aromatic N) is 4. The third-order valence-electron chi connectivity index (χ3n) is 4.64. The lowest BCUT2D eigenvalue weighted by molar-refractivity contribution is -0.0413. The highest BCUT2D eigenvalue weighted by molar-refractivity contribution is 6.35. The third-order valence-corrected chi connectivity index (χ3v) is 4.97. The predicted octanol–water partition coefficient (Wildman–Crippen LogP) is 2.49. The van der Waals surface area contributed by atoms with Crippen molar-refractivity contribution in [1.29, 1.82) is 0 Å². The van der Waals surface area contributed by atoms with Crippen LogP contribution in [-0.2, 0) is 12.1 Å². The molecule has 3 heterocycles. The number of H-pyrrole nitrogens is 1. The summed E-state index contributed by atoms with van der Waals surface area (Å²) in [7, 11) is 0. The van der Waals surface area contributed by atoms with E-state index in [1.165, 1.54) is 0 Å². The maximum Gasteiger partial charge on any atom is 0.123 e. The van der Waals surface area contributed by atoms with Gasteiger partial charge in [0.15, 0.2) is 0 Å². The van der Waals surface area contributed by atoms with Gasteiger partial charge < -0.3 is 5.11 Å². The van der Waals surface area contributed by atoms with Crippen molar-refractivity contribution < 1.29 is 5.11 Å². The van der Waals surface area contributed by atoms with Crippen LogP contribution in [0, 0.1) is 0 Å². The van der Waals surface area contributed by atoms with Crippen LogP contribution in [0.25, 0.3) is 10.9 Å². The molecule has 2 N–H and O–H groups in total. The SMILES string of the molecule is O[C@@]1(c2cn[nH]n2)CCCN(Cc2ccc(Cl)c3cccnc23)C1. The van der Waals surface area contributed by atoms with E-state index in [0.29, 0.717) is 30.2 Å². The Bertz CT molecular complexity index is 853. The first-order valence-electron chi connectivity index (χ1n) is 7.99. The largest absolute Gasteiger partial charge is 0.382 e. The predicted molar refractivity (Wildman–Crippen MR) is 91.5 cm³/mol. The van der Waals surface area contributed by atoms with E-state index in [1.807, 2.05) is 24.3 Å². The molecule has 2 aromatic heterocycles. The fraction of sp³-hybridized carbons (Fsp3) is 0.353. The summed E-state index contributed by atoms with van der Waals surface area (Å²) in [5.41, 5.74) is 1.67. The zero-order chi connectivity index (χ0) is 16.6. The molecule has 1 aromatic carbocycles. The van der Waals surface area contributed by atoms with Crippen molar-refractivity contribution in [3.63, 3.8) is 0 Å². The van der Waals surface area contributed by atoms with Gasteiger partial charge in [-0.2, -0.15) is 15.4 Å². The lowest BCUT2D eigenvalue weighted by Gasteiger charge is -2.38. The summed E-state index contributed by atoms with van der Waals surface area (Å²) in [6.45, 7) is 2.17. The Morgan fingerprint density at radius 1 is 1.33 bits per heavy atom. The molecule has 1 saturated heterocycles. The molecular formula is C17H18ClN5O. The first-order valence-corrected chi connectivity index (χ1v) is 8.37. The van der Waals surface area contributed by atoms with Crippen LogP contribution in [0.1, 0.15) is 24.1 Å². The molecular weight excluding hydrogens is 326 g/mol. The van der Waals surface area contributed by atoms with E-state index in [9.17, 15) is 5.11 Å². The van der Waals surface area contributed by atoms with Crippen molar-refractivity contribution >= 4 is 22.5 Å². The number of aromatic nitrogens is 4. The van der Waals surface area contributed by atoms with Crippen LogP contribution < -0.4 is 0 Å². The number of hydrogen-bond donors (Lipinski definition) is 2. The number of likely N-dealkylation sites (tertiary alicyclic amines) is 1. The monoisotopic (exact) mass is 343 g/mol. The summed E-state index contributed by atoms with van der Waals surface area (Å²) in [5.74, 6) is 0. The number of nitrogens with one attached hydrogen (secondary N) is 1. The number of rotatable bonds is 3. The third kappa shape index (κ3) is 2.77.